The minimum Gasteiger partial charge on any atom is -0.465 e. The molecule has 0 radical (unpaired) electrons. The highest BCUT2D eigenvalue weighted by Gasteiger charge is 2.77. The molecule has 15 aliphatic carbocycles. The van der Waals surface area contributed by atoms with Crippen molar-refractivity contribution < 1.29 is 39.5 Å². The van der Waals surface area contributed by atoms with Gasteiger partial charge in [-0.2, -0.15) is 0 Å². The fourth-order valence-electron chi connectivity index (χ4n) is 37.5. The molecule has 662 valence electrons. The Bertz CT molecular complexity index is 3920. The molecule has 2 amide bonds. The van der Waals surface area contributed by atoms with Crippen molar-refractivity contribution in [2.75, 3.05) is 19.8 Å². The van der Waals surface area contributed by atoms with E-state index in [0.29, 0.717) is 124 Å². The van der Waals surface area contributed by atoms with E-state index in [2.05, 4.69) is 197 Å². The molecule has 10 heteroatoms. The third-order valence-corrected chi connectivity index (χ3v) is 44.8. The maximum Gasteiger partial charge on any atom is 0.312 e. The first-order valence-electron chi connectivity index (χ1n) is 49.5. The predicted octanol–water partition coefficient (Wildman–Crippen LogP) is 24.2. The zero-order valence-electron chi connectivity index (χ0n) is 78.4. The van der Waals surface area contributed by atoms with E-state index in [0.717, 1.165) is 152 Å². The van der Waals surface area contributed by atoms with Crippen LogP contribution < -0.4 is 10.6 Å². The minimum absolute atomic E-state index is 0.0702. The minimum atomic E-state index is -0.416. The number of carbonyl (C=O) groups is 3. The van der Waals surface area contributed by atoms with Crippen LogP contribution in [0.5, 0.6) is 0 Å². The van der Waals surface area contributed by atoms with Crippen LogP contribution in [0.2, 0.25) is 0 Å². The number of rotatable bonds is 15. The van der Waals surface area contributed by atoms with Crippen molar-refractivity contribution >= 4 is 17.8 Å². The van der Waals surface area contributed by atoms with Crippen LogP contribution in [-0.2, 0) is 32.2 Å². The lowest BCUT2D eigenvalue weighted by atomic mass is 9.31. The second kappa shape index (κ2) is 31.7. The van der Waals surface area contributed by atoms with E-state index in [1.54, 1.807) is 0 Å². The maximum absolute atomic E-state index is 14.3. The summed E-state index contributed by atoms with van der Waals surface area (Å²) in [6.07, 6.45) is 35.2. The van der Waals surface area contributed by atoms with Crippen LogP contribution in [0.15, 0.2) is 97.1 Å². The van der Waals surface area contributed by atoms with Crippen molar-refractivity contribution in [3.05, 3.63) is 108 Å². The van der Waals surface area contributed by atoms with Gasteiger partial charge in [-0.05, 0) is 380 Å². The maximum atomic E-state index is 14.3. The molecule has 0 saturated heterocycles. The predicted molar refractivity (Wildman–Crippen MR) is 483 cm³/mol. The topological polar surface area (TPSA) is 165 Å². The number of aliphatic hydroxyl groups is 4. The molecular weight excluding hydrogens is 1470 g/mol. The lowest BCUT2D eigenvalue weighted by Gasteiger charge is -2.73. The molecule has 0 heterocycles. The molecule has 0 aliphatic heterocycles. The van der Waals surface area contributed by atoms with E-state index < -0.39 is 23.0 Å². The van der Waals surface area contributed by atoms with Gasteiger partial charge in [0.05, 0.1) is 48.3 Å². The molecule has 15 saturated carbocycles. The Kier molecular flexibility index (Phi) is 23.9. The summed E-state index contributed by atoms with van der Waals surface area (Å²) in [5.74, 6) is 9.13. The van der Waals surface area contributed by atoms with E-state index in [9.17, 15) is 34.8 Å². The van der Waals surface area contributed by atoms with Crippen molar-refractivity contribution in [2.45, 2.75) is 355 Å². The molecule has 0 bridgehead atoms. The Morgan fingerprint density at radius 2 is 0.714 bits per heavy atom. The van der Waals surface area contributed by atoms with Gasteiger partial charge in [-0.15, -0.1) is 0 Å². The molecule has 6 N–H and O–H groups in total. The first-order chi connectivity index (χ1) is 56.1. The summed E-state index contributed by atoms with van der Waals surface area (Å²) in [6.45, 7) is 59.7. The zero-order chi connectivity index (χ0) is 85.9. The summed E-state index contributed by atoms with van der Waals surface area (Å²) in [5.41, 5.74) is 7.07. The van der Waals surface area contributed by atoms with Gasteiger partial charge in [0, 0.05) is 23.9 Å². The van der Waals surface area contributed by atoms with Gasteiger partial charge in [0.1, 0.15) is 0 Å². The highest BCUT2D eigenvalue weighted by molar-refractivity contribution is 5.85. The summed E-state index contributed by atoms with van der Waals surface area (Å²) < 4.78 is 5.92. The summed E-state index contributed by atoms with van der Waals surface area (Å²) in [7, 11) is 0. The van der Waals surface area contributed by atoms with Crippen LogP contribution in [0.3, 0.4) is 0 Å². The van der Waals surface area contributed by atoms with Gasteiger partial charge in [-0.25, -0.2) is 0 Å². The molecule has 119 heavy (non-hydrogen) atoms. The number of hydrogen-bond acceptors (Lipinski definition) is 8. The molecule has 0 spiro atoms. The SMILES string of the molecule is C=C(C)[C@@H]1CC[C@]2(C(=O)NCc3ccccc3)CC[C@]3(C)C(CCC4[C@@]5(C)CC[C@H](C)[C@@](C)(CC)[C@@H]5CC[C@]43C)C12.C=C(C)[C@@H]1CC[C@]2(C(=O)NCc3ccccc3)CC[C@]3(C)C(CCC4[C@@]5(C)CC[C@H](O)[C@@](C)(CO)[C@@H]5CC[C@]43C)C12.C=C(C)[C@@H]1CC[C@]2(C(=O)OCCC)CC[C@]3(C)C(CCC4[C@@]5(C)CC[C@H](O)[C@@](C)(CO)[C@@H]5CC[C@]43C)C12. The van der Waals surface area contributed by atoms with Gasteiger partial charge in [0.25, 0.3) is 0 Å². The van der Waals surface area contributed by atoms with Gasteiger partial charge in [0.15, 0.2) is 0 Å². The van der Waals surface area contributed by atoms with Gasteiger partial charge in [-0.1, -0.05) is 207 Å². The smallest absolute Gasteiger partial charge is 0.312 e. The average Bonchev–Trinajstić information content (AvgIpc) is 1.25. The standard InChI is InChI=1S/C39H59NO.C37H55NO3.C33H54O4/c1-9-35(5)27(4)17-20-36(6)31(35)19-21-38(8)32(36)16-15-30-33-29(26(2)3)18-22-39(33,24-23-37(30,38)7)34(41)40-25-28-13-11-10-12-14-28;1-24(2)26-14-19-37(32(41)38-22-25-10-8-7-9-11-25)21-20-35(5)27(31(26)37)12-13-29-33(3)17-16-30(40)34(4,23-39)28(33)15-18-36(29,35)6;1-8-19-37-28(36)33-16-11-22(21(2)3)27(33)23-9-10-25-29(4)14-13-26(35)30(5,20-34)24(29)12-15-32(25,7)31(23,6)17-18-33/h10-14,27,29-33H,2,9,15-25H2,1,3-8H3,(H,40,41);7-11,26-31,39-40H,1,12-23H2,2-6H3,(H,38,41);22-27,34-35H,2,8-20H2,1,3-7H3/t27-,29-,30?,31-,32?,33?,35+,36-,37+,38+,39-;26-,27?,28+,29?,30-,31?,33-,34-,35+,36+,37-;22-,23?,24+,25?,26-,27?,29-,30-,31+,32+,33-/m000/s1. The third-order valence-electron chi connectivity index (χ3n) is 44.8. The van der Waals surface area contributed by atoms with Crippen LogP contribution in [0.1, 0.15) is 341 Å². The molecule has 10 nitrogen and oxygen atoms in total. The van der Waals surface area contributed by atoms with E-state index >= 15 is 0 Å². The van der Waals surface area contributed by atoms with Crippen molar-refractivity contribution in [1.82, 2.24) is 10.6 Å². The molecule has 0 aromatic heterocycles. The summed E-state index contributed by atoms with van der Waals surface area (Å²) in [4.78, 5) is 42.3. The van der Waals surface area contributed by atoms with E-state index in [4.69, 9.17) is 4.74 Å². The Hall–Kier alpha value is -4.09. The van der Waals surface area contributed by atoms with Gasteiger partial charge in [0.2, 0.25) is 11.8 Å². The number of benzene rings is 2. The molecule has 33 atom stereocenters. The van der Waals surface area contributed by atoms with Gasteiger partial charge in [-0.3, -0.25) is 14.4 Å². The molecular formula is C109H168N2O8. The summed E-state index contributed by atoms with van der Waals surface area (Å²) in [5, 5.41) is 50.0. The largest absolute Gasteiger partial charge is 0.465 e. The number of amides is 2. The lowest BCUT2D eigenvalue weighted by molar-refractivity contribution is -0.254. The van der Waals surface area contributed by atoms with Crippen molar-refractivity contribution in [1.29, 1.82) is 0 Å². The summed E-state index contributed by atoms with van der Waals surface area (Å²) in [6, 6.07) is 20.8. The number of carbonyl (C=O) groups excluding carboxylic acids is 3. The highest BCUT2D eigenvalue weighted by Crippen LogP contribution is 2.83. The van der Waals surface area contributed by atoms with Crippen LogP contribution in [0, 0.1) is 176 Å². The molecule has 2 aromatic rings. The fraction of sp³-hybridized carbons (Fsp3) is 0.807. The van der Waals surface area contributed by atoms with E-state index in [1.165, 1.54) is 99.3 Å². The first-order valence-corrected chi connectivity index (χ1v) is 49.5. The number of hydrogen-bond donors (Lipinski definition) is 6. The zero-order valence-corrected chi connectivity index (χ0v) is 78.4. The van der Waals surface area contributed by atoms with Crippen molar-refractivity contribution in [3.63, 3.8) is 0 Å². The molecule has 2 aromatic carbocycles. The molecule has 9 unspecified atom stereocenters. The normalized spacial score (nSPS) is 50.0. The molecule has 17 rings (SSSR count). The highest BCUT2D eigenvalue weighted by atomic mass is 16.5. The number of ether oxygens (including phenoxy) is 1. The quantitative estimate of drug-likeness (QED) is 0.0758. The molecule has 15 aliphatic rings. The van der Waals surface area contributed by atoms with E-state index in [-0.39, 0.29) is 73.8 Å². The Balaban J connectivity index is 0.000000140. The number of fused-ring (bicyclic) bond motifs is 21. The van der Waals surface area contributed by atoms with Crippen molar-refractivity contribution in [2.24, 2.45) is 176 Å². The van der Waals surface area contributed by atoms with Gasteiger partial charge < -0.3 is 35.8 Å². The Labute approximate surface area is 723 Å². The monoisotopic (exact) mass is 1630 g/mol. The van der Waals surface area contributed by atoms with Crippen LogP contribution in [0.25, 0.3) is 0 Å². The van der Waals surface area contributed by atoms with Crippen molar-refractivity contribution in [3.8, 4) is 0 Å². The third kappa shape index (κ3) is 12.9. The second-order valence-electron chi connectivity index (χ2n) is 48.2. The van der Waals surface area contributed by atoms with Gasteiger partial charge >= 0.3 is 5.97 Å². The molecule has 15 fully saturated rings. The average molecular weight is 1630 g/mol. The Morgan fingerprint density at radius 1 is 0.387 bits per heavy atom. The second-order valence-corrected chi connectivity index (χ2v) is 48.2. The van der Waals surface area contributed by atoms with E-state index in [1.807, 2.05) is 18.2 Å². The lowest BCUT2D eigenvalue weighted by Crippen LogP contribution is -2.68. The van der Waals surface area contributed by atoms with Crippen LogP contribution >= 0.6 is 0 Å². The number of allylic oxidation sites excluding steroid dienone is 3. The van der Waals surface area contributed by atoms with Crippen LogP contribution in [0.4, 0.5) is 0 Å². The fourth-order valence-corrected chi connectivity index (χ4v) is 37.5. The van der Waals surface area contributed by atoms with Crippen LogP contribution in [-0.4, -0.2) is 70.2 Å². The number of esters is 1. The number of aliphatic hydroxyl groups excluding tert-OH is 4. The summed E-state index contributed by atoms with van der Waals surface area (Å²) >= 11 is 0. The number of nitrogens with one attached hydrogen (secondary N) is 2. The first kappa shape index (κ1) is 89.7. The Morgan fingerprint density at radius 3 is 1.05 bits per heavy atom.